The molecule has 4 heterocycles. The molecule has 224 valence electrons. The number of nitrogens with one attached hydrogen (secondary N) is 3. The quantitative estimate of drug-likeness (QED) is 0.205. The third-order valence-electron chi connectivity index (χ3n) is 6.73. The number of benzene rings is 1. The molecule has 1 aliphatic rings. The van der Waals surface area contributed by atoms with Crippen LogP contribution in [0.3, 0.4) is 0 Å². The van der Waals surface area contributed by atoms with Gasteiger partial charge in [-0.2, -0.15) is 10.1 Å². The zero-order valence-corrected chi connectivity index (χ0v) is 23.6. The normalized spacial score (nSPS) is 17.6. The van der Waals surface area contributed by atoms with E-state index in [9.17, 15) is 17.6 Å². The van der Waals surface area contributed by atoms with Crippen LogP contribution in [-0.4, -0.2) is 58.0 Å². The summed E-state index contributed by atoms with van der Waals surface area (Å²) < 4.78 is 88.8. The van der Waals surface area contributed by atoms with E-state index in [2.05, 4.69) is 25.7 Å². The second-order valence-electron chi connectivity index (χ2n) is 10.4. The molecule has 3 N–H and O–H groups in total. The fourth-order valence-electron chi connectivity index (χ4n) is 4.85. The summed E-state index contributed by atoms with van der Waals surface area (Å²) >= 11 is 0. The van der Waals surface area contributed by atoms with E-state index >= 15 is 13.2 Å². The lowest BCUT2D eigenvalue weighted by molar-refractivity contribution is 0.254. The first-order valence-corrected chi connectivity index (χ1v) is 14.7. The van der Waals surface area contributed by atoms with Crippen molar-refractivity contribution in [3.63, 3.8) is 0 Å². The van der Waals surface area contributed by atoms with Gasteiger partial charge in [0.05, 0.1) is 11.3 Å². The molecule has 0 radical (unpaired) electrons. The number of fused-ring (bicyclic) bond motifs is 1. The van der Waals surface area contributed by atoms with Gasteiger partial charge in [0.2, 0.25) is 16.0 Å². The standard InChI is InChI=1S/C26H28F4N8O3S/c1-13(2)38-24-14(9-32-26(34-24)33-17-7-15(27)10-31-11-17)6-19(25(38)39)18-8-20(28)23(22(30)21(18)29)36-42(40,41)12-16-4-5-37(3)35-16/h4-6,8-9,13,15,17,31,36H,7,10-12H2,1-3H3,(H,32,33,34)/t15-,17-/m0/s1. The molecular formula is C26H28F4N8O3S. The molecule has 4 aromatic rings. The fourth-order valence-corrected chi connectivity index (χ4v) is 5.97. The van der Waals surface area contributed by atoms with Crippen molar-refractivity contribution >= 4 is 32.7 Å². The zero-order chi connectivity index (χ0) is 30.3. The maximum Gasteiger partial charge on any atom is 0.260 e. The van der Waals surface area contributed by atoms with Crippen molar-refractivity contribution in [1.82, 2.24) is 29.6 Å². The summed E-state index contributed by atoms with van der Waals surface area (Å²) in [6, 6.07) is 2.38. The minimum Gasteiger partial charge on any atom is -0.350 e. The Hall–Kier alpha value is -4.05. The van der Waals surface area contributed by atoms with Gasteiger partial charge in [-0.15, -0.1) is 0 Å². The monoisotopic (exact) mass is 608 g/mol. The van der Waals surface area contributed by atoms with Gasteiger partial charge in [0.25, 0.3) is 5.56 Å². The molecule has 5 rings (SSSR count). The van der Waals surface area contributed by atoms with Crippen LogP contribution in [0.4, 0.5) is 29.2 Å². The average Bonchev–Trinajstić information content (AvgIpc) is 3.31. The molecule has 0 aliphatic carbocycles. The number of pyridine rings is 1. The summed E-state index contributed by atoms with van der Waals surface area (Å²) in [6.07, 6.45) is 2.06. The molecule has 1 aromatic carbocycles. The Morgan fingerprint density at radius 3 is 2.57 bits per heavy atom. The molecular weight excluding hydrogens is 580 g/mol. The predicted molar refractivity (Wildman–Crippen MR) is 149 cm³/mol. The second-order valence-corrected chi connectivity index (χ2v) is 12.1. The average molecular weight is 609 g/mol. The summed E-state index contributed by atoms with van der Waals surface area (Å²) in [7, 11) is -2.81. The highest BCUT2D eigenvalue weighted by Crippen LogP contribution is 2.32. The zero-order valence-electron chi connectivity index (χ0n) is 22.8. The van der Waals surface area contributed by atoms with Crippen molar-refractivity contribution in [3.05, 3.63) is 64.1 Å². The van der Waals surface area contributed by atoms with Gasteiger partial charge in [-0.05, 0) is 32.0 Å². The molecule has 11 nitrogen and oxygen atoms in total. The predicted octanol–water partition coefficient (Wildman–Crippen LogP) is 3.24. The van der Waals surface area contributed by atoms with Crippen molar-refractivity contribution in [1.29, 1.82) is 0 Å². The van der Waals surface area contributed by atoms with Crippen LogP contribution in [0, 0.1) is 17.5 Å². The van der Waals surface area contributed by atoms with Gasteiger partial charge in [0.15, 0.2) is 17.5 Å². The molecule has 3 aromatic heterocycles. The van der Waals surface area contributed by atoms with Gasteiger partial charge in [0.1, 0.15) is 23.3 Å². The van der Waals surface area contributed by atoms with E-state index in [1.54, 1.807) is 25.6 Å². The maximum atomic E-state index is 15.4. The number of hydrogen-bond acceptors (Lipinski definition) is 8. The van der Waals surface area contributed by atoms with Crippen LogP contribution >= 0.6 is 0 Å². The lowest BCUT2D eigenvalue weighted by Crippen LogP contribution is -2.44. The smallest absolute Gasteiger partial charge is 0.260 e. The van der Waals surface area contributed by atoms with Crippen LogP contribution in [0.1, 0.15) is 32.0 Å². The largest absolute Gasteiger partial charge is 0.350 e. The van der Waals surface area contributed by atoms with Crippen LogP contribution in [0.15, 0.2) is 35.4 Å². The van der Waals surface area contributed by atoms with Crippen LogP contribution in [0.25, 0.3) is 22.2 Å². The minimum atomic E-state index is -4.37. The van der Waals surface area contributed by atoms with Crippen LogP contribution in [0.2, 0.25) is 0 Å². The molecule has 2 atom stereocenters. The molecule has 0 amide bonds. The summed E-state index contributed by atoms with van der Waals surface area (Å²) in [5.74, 6) is -5.41. The first-order chi connectivity index (χ1) is 19.8. The molecule has 42 heavy (non-hydrogen) atoms. The van der Waals surface area contributed by atoms with Crippen molar-refractivity contribution in [2.24, 2.45) is 7.05 Å². The number of sulfonamides is 1. The van der Waals surface area contributed by atoms with Crippen LogP contribution < -0.4 is 20.9 Å². The fraction of sp³-hybridized carbons (Fsp3) is 0.385. The summed E-state index contributed by atoms with van der Waals surface area (Å²) in [5, 5.41) is 10.2. The van der Waals surface area contributed by atoms with Crippen molar-refractivity contribution in [2.45, 2.75) is 44.3 Å². The highest BCUT2D eigenvalue weighted by molar-refractivity contribution is 7.91. The van der Waals surface area contributed by atoms with Gasteiger partial charge in [-0.1, -0.05) is 0 Å². The Balaban J connectivity index is 1.53. The first-order valence-electron chi connectivity index (χ1n) is 13.0. The summed E-state index contributed by atoms with van der Waals surface area (Å²) in [4.78, 5) is 22.2. The van der Waals surface area contributed by atoms with E-state index < -0.39 is 62.3 Å². The topological polar surface area (TPSA) is 136 Å². The molecule has 1 aliphatic heterocycles. The van der Waals surface area contributed by atoms with Gasteiger partial charge in [0, 0.05) is 62.0 Å². The molecule has 0 bridgehead atoms. The van der Waals surface area contributed by atoms with Gasteiger partial charge in [-0.25, -0.2) is 31.0 Å². The molecule has 16 heteroatoms. The number of hydrogen-bond donors (Lipinski definition) is 3. The van der Waals surface area contributed by atoms with E-state index in [1.807, 2.05) is 0 Å². The second kappa shape index (κ2) is 11.3. The number of anilines is 2. The summed E-state index contributed by atoms with van der Waals surface area (Å²) in [5.41, 5.74) is -2.80. The first kappa shape index (κ1) is 29.4. The number of nitrogens with zero attached hydrogens (tertiary/aromatic N) is 5. The molecule has 0 saturated carbocycles. The number of halogens is 4. The number of rotatable bonds is 8. The van der Waals surface area contributed by atoms with Gasteiger partial charge in [-0.3, -0.25) is 18.8 Å². The molecule has 1 saturated heterocycles. The Labute approximate surface area is 238 Å². The summed E-state index contributed by atoms with van der Waals surface area (Å²) in [6.45, 7) is 4.09. The van der Waals surface area contributed by atoms with Crippen LogP contribution in [-0.2, 0) is 22.8 Å². The van der Waals surface area contributed by atoms with Gasteiger partial charge < -0.3 is 10.6 Å². The lowest BCUT2D eigenvalue weighted by atomic mass is 10.0. The number of aromatic nitrogens is 5. The Morgan fingerprint density at radius 2 is 1.90 bits per heavy atom. The highest BCUT2D eigenvalue weighted by atomic mass is 32.2. The van der Waals surface area contributed by atoms with Crippen molar-refractivity contribution in [3.8, 4) is 11.1 Å². The Morgan fingerprint density at radius 1 is 1.14 bits per heavy atom. The van der Waals surface area contributed by atoms with Gasteiger partial charge >= 0.3 is 0 Å². The van der Waals surface area contributed by atoms with E-state index in [4.69, 9.17) is 0 Å². The number of aryl methyl sites for hydroxylation is 1. The number of piperidine rings is 1. The SMILES string of the molecule is CC(C)n1c(=O)c(-c2cc(F)c(NS(=O)(=O)Cc3ccn(C)n3)c(F)c2F)cc2cnc(N[C@@H]3CNC[C@@H](F)C3)nc21. The minimum absolute atomic E-state index is 0.107. The lowest BCUT2D eigenvalue weighted by Gasteiger charge is -2.26. The van der Waals surface area contributed by atoms with Crippen molar-refractivity contribution in [2.75, 3.05) is 23.1 Å². The Kier molecular flexibility index (Phi) is 7.94. The van der Waals surface area contributed by atoms with E-state index in [0.717, 1.165) is 0 Å². The van der Waals surface area contributed by atoms with E-state index in [-0.39, 0.29) is 47.2 Å². The third-order valence-corrected chi connectivity index (χ3v) is 7.92. The molecule has 1 fully saturated rings. The van der Waals surface area contributed by atoms with Crippen LogP contribution in [0.5, 0.6) is 0 Å². The Bertz CT molecular complexity index is 1830. The third kappa shape index (κ3) is 5.94. The molecule has 0 spiro atoms. The highest BCUT2D eigenvalue weighted by Gasteiger charge is 2.27. The molecule has 0 unspecified atom stereocenters. The maximum absolute atomic E-state index is 15.4. The van der Waals surface area contributed by atoms with Crippen molar-refractivity contribution < 1.29 is 26.0 Å². The number of alkyl halides is 1. The van der Waals surface area contributed by atoms with E-state index in [1.165, 1.54) is 33.8 Å². The van der Waals surface area contributed by atoms with E-state index in [0.29, 0.717) is 12.6 Å².